The van der Waals surface area contributed by atoms with Gasteiger partial charge in [0, 0.05) is 24.9 Å². The van der Waals surface area contributed by atoms with Crippen molar-refractivity contribution in [1.82, 2.24) is 24.8 Å². The van der Waals surface area contributed by atoms with E-state index in [1.54, 1.807) is 31.2 Å². The van der Waals surface area contributed by atoms with Crippen molar-refractivity contribution in [3.05, 3.63) is 48.2 Å². The van der Waals surface area contributed by atoms with E-state index in [2.05, 4.69) is 20.3 Å². The third kappa shape index (κ3) is 3.25. The molecule has 0 spiro atoms. The Morgan fingerprint density at radius 2 is 2.00 bits per heavy atom. The summed E-state index contributed by atoms with van der Waals surface area (Å²) in [5.74, 6) is -0.753. The number of hydrogen-bond donors (Lipinski definition) is 2. The third-order valence-corrected chi connectivity index (χ3v) is 3.77. The molecule has 0 saturated heterocycles. The number of aromatic nitrogens is 4. The second kappa shape index (κ2) is 6.80. The first-order valence-electron chi connectivity index (χ1n) is 7.58. The number of anilines is 1. The molecular formula is C16H16F2N6O. The minimum Gasteiger partial charge on any atom is -0.382 e. The molecule has 0 aliphatic heterocycles. The summed E-state index contributed by atoms with van der Waals surface area (Å²) in [6.07, 6.45) is 2.73. The summed E-state index contributed by atoms with van der Waals surface area (Å²) in [6, 6.07) is 6.67. The van der Waals surface area contributed by atoms with Crippen LogP contribution in [0.2, 0.25) is 0 Å². The highest BCUT2D eigenvalue weighted by atomic mass is 19.3. The van der Waals surface area contributed by atoms with Crippen LogP contribution in [0.1, 0.15) is 35.7 Å². The lowest BCUT2D eigenvalue weighted by molar-refractivity contribution is 0.0704. The number of carbonyl (C=O) groups is 1. The number of carbonyl (C=O) groups excluding carboxylic acids is 1. The summed E-state index contributed by atoms with van der Waals surface area (Å²) in [4.78, 5) is 24.1. The van der Waals surface area contributed by atoms with Crippen LogP contribution in [0.5, 0.6) is 0 Å². The summed E-state index contributed by atoms with van der Waals surface area (Å²) in [5.41, 5.74) is 6.43. The Balaban J connectivity index is 1.81. The monoisotopic (exact) mass is 346 g/mol. The normalized spacial score (nSPS) is 12.5. The van der Waals surface area contributed by atoms with E-state index in [1.165, 1.54) is 12.4 Å². The lowest BCUT2D eigenvalue weighted by Crippen LogP contribution is -2.30. The molecule has 0 radical (unpaired) electrons. The van der Waals surface area contributed by atoms with Crippen LogP contribution in [0.15, 0.2) is 36.7 Å². The zero-order valence-electron chi connectivity index (χ0n) is 13.4. The van der Waals surface area contributed by atoms with Gasteiger partial charge in [-0.05, 0) is 12.1 Å². The summed E-state index contributed by atoms with van der Waals surface area (Å²) < 4.78 is 27.8. The fraction of sp³-hybridized carbons (Fsp3) is 0.250. The largest absolute Gasteiger partial charge is 0.382 e. The molecule has 3 rings (SSSR count). The SMILES string of the molecule is C[C@@H](CNC(=O)c1nccnc1N)c1nc2ccccc2n1C(F)F. The number of para-hydroxylation sites is 2. The van der Waals surface area contributed by atoms with Gasteiger partial charge in [-0.25, -0.2) is 15.0 Å². The van der Waals surface area contributed by atoms with Crippen LogP contribution in [0.3, 0.4) is 0 Å². The van der Waals surface area contributed by atoms with Gasteiger partial charge in [-0.3, -0.25) is 9.36 Å². The molecule has 2 heterocycles. The zero-order valence-corrected chi connectivity index (χ0v) is 13.4. The van der Waals surface area contributed by atoms with Gasteiger partial charge >= 0.3 is 6.55 Å². The topological polar surface area (TPSA) is 98.7 Å². The third-order valence-electron chi connectivity index (χ3n) is 3.77. The van der Waals surface area contributed by atoms with Gasteiger partial charge in [0.2, 0.25) is 0 Å². The molecule has 9 heteroatoms. The lowest BCUT2D eigenvalue weighted by Gasteiger charge is -2.15. The molecule has 2 aromatic heterocycles. The van der Waals surface area contributed by atoms with Crippen molar-refractivity contribution in [1.29, 1.82) is 0 Å². The standard InChI is InChI=1S/C16H16F2N6O/c1-9(8-22-15(25)12-13(19)21-7-6-20-12)14-23-10-4-2-3-5-11(10)24(14)16(17)18/h2-7,9,16H,8H2,1H3,(H2,19,21)(H,22,25)/t9-/m0/s1. The Bertz CT molecular complexity index is 911. The van der Waals surface area contributed by atoms with Gasteiger partial charge in [0.25, 0.3) is 5.91 Å². The van der Waals surface area contributed by atoms with E-state index in [9.17, 15) is 13.6 Å². The van der Waals surface area contributed by atoms with Gasteiger partial charge in [0.15, 0.2) is 11.5 Å². The smallest absolute Gasteiger partial charge is 0.320 e. The fourth-order valence-corrected chi connectivity index (χ4v) is 2.56. The van der Waals surface area contributed by atoms with E-state index in [1.807, 2.05) is 0 Å². The predicted molar refractivity (Wildman–Crippen MR) is 88.2 cm³/mol. The second-order valence-corrected chi connectivity index (χ2v) is 5.51. The summed E-state index contributed by atoms with van der Waals surface area (Å²) in [7, 11) is 0. The van der Waals surface area contributed by atoms with Crippen LogP contribution < -0.4 is 11.1 Å². The van der Waals surface area contributed by atoms with Gasteiger partial charge in [0.05, 0.1) is 11.0 Å². The molecule has 25 heavy (non-hydrogen) atoms. The van der Waals surface area contributed by atoms with Gasteiger partial charge in [-0.1, -0.05) is 19.1 Å². The molecular weight excluding hydrogens is 330 g/mol. The van der Waals surface area contributed by atoms with Crippen LogP contribution in [-0.4, -0.2) is 32.0 Å². The number of nitrogens with zero attached hydrogens (tertiary/aromatic N) is 4. The minimum absolute atomic E-state index is 0.00272. The minimum atomic E-state index is -2.73. The van der Waals surface area contributed by atoms with Crippen LogP contribution >= 0.6 is 0 Å². The highest BCUT2D eigenvalue weighted by Gasteiger charge is 2.22. The quantitative estimate of drug-likeness (QED) is 0.739. The molecule has 1 atom stereocenters. The van der Waals surface area contributed by atoms with Crippen molar-refractivity contribution in [2.45, 2.75) is 19.4 Å². The maximum absolute atomic E-state index is 13.5. The molecule has 0 fully saturated rings. The first-order valence-corrected chi connectivity index (χ1v) is 7.58. The van der Waals surface area contributed by atoms with Crippen molar-refractivity contribution in [2.24, 2.45) is 0 Å². The number of benzene rings is 1. The summed E-state index contributed by atoms with van der Waals surface area (Å²) in [6.45, 7) is -0.915. The van der Waals surface area contributed by atoms with Crippen molar-refractivity contribution in [3.63, 3.8) is 0 Å². The van der Waals surface area contributed by atoms with Gasteiger partial charge < -0.3 is 11.1 Å². The zero-order chi connectivity index (χ0) is 18.0. The maximum atomic E-state index is 13.5. The highest BCUT2D eigenvalue weighted by Crippen LogP contribution is 2.27. The number of halogens is 2. The van der Waals surface area contributed by atoms with E-state index in [0.717, 1.165) is 4.57 Å². The lowest BCUT2D eigenvalue weighted by atomic mass is 10.1. The van der Waals surface area contributed by atoms with Crippen molar-refractivity contribution >= 4 is 22.8 Å². The Morgan fingerprint density at radius 1 is 1.28 bits per heavy atom. The van der Waals surface area contributed by atoms with E-state index >= 15 is 0 Å². The molecule has 130 valence electrons. The molecule has 0 aliphatic rings. The van der Waals surface area contributed by atoms with Gasteiger partial charge in [0.1, 0.15) is 5.82 Å². The van der Waals surface area contributed by atoms with E-state index in [4.69, 9.17) is 5.73 Å². The molecule has 0 aliphatic carbocycles. The molecule has 0 unspecified atom stereocenters. The predicted octanol–water partition coefficient (Wildman–Crippen LogP) is 2.34. The van der Waals surface area contributed by atoms with Gasteiger partial charge in [-0.2, -0.15) is 8.78 Å². The number of hydrogen-bond acceptors (Lipinski definition) is 5. The van der Waals surface area contributed by atoms with E-state index < -0.39 is 18.4 Å². The number of amides is 1. The maximum Gasteiger partial charge on any atom is 0.320 e. The molecule has 1 amide bonds. The first-order chi connectivity index (χ1) is 12.0. The Morgan fingerprint density at radius 3 is 2.72 bits per heavy atom. The molecule has 1 aromatic carbocycles. The number of fused-ring (bicyclic) bond motifs is 1. The number of nitrogen functional groups attached to an aromatic ring is 1. The van der Waals surface area contributed by atoms with Gasteiger partial charge in [-0.15, -0.1) is 0 Å². The number of alkyl halides is 2. The van der Waals surface area contributed by atoms with Crippen LogP contribution in [0, 0.1) is 0 Å². The van der Waals surface area contributed by atoms with Crippen molar-refractivity contribution in [2.75, 3.05) is 12.3 Å². The Labute approximate surface area is 141 Å². The molecule has 3 N–H and O–H groups in total. The Kier molecular flexibility index (Phi) is 4.55. The van der Waals surface area contributed by atoms with E-state index in [-0.39, 0.29) is 23.9 Å². The molecule has 7 nitrogen and oxygen atoms in total. The van der Waals surface area contributed by atoms with E-state index in [0.29, 0.717) is 11.0 Å². The van der Waals surface area contributed by atoms with Crippen LogP contribution in [0.4, 0.5) is 14.6 Å². The highest BCUT2D eigenvalue weighted by molar-refractivity contribution is 5.96. The van der Waals surface area contributed by atoms with Crippen molar-refractivity contribution in [3.8, 4) is 0 Å². The molecule has 0 bridgehead atoms. The number of nitrogens with one attached hydrogen (secondary N) is 1. The summed E-state index contributed by atoms with van der Waals surface area (Å²) in [5, 5.41) is 2.63. The average molecular weight is 346 g/mol. The fourth-order valence-electron chi connectivity index (χ4n) is 2.56. The Hall–Kier alpha value is -3.10. The number of nitrogens with two attached hydrogens (primary N) is 1. The summed E-state index contributed by atoms with van der Waals surface area (Å²) >= 11 is 0. The van der Waals surface area contributed by atoms with Crippen LogP contribution in [-0.2, 0) is 0 Å². The number of rotatable bonds is 5. The average Bonchev–Trinajstić information content (AvgIpc) is 2.99. The van der Waals surface area contributed by atoms with Crippen molar-refractivity contribution < 1.29 is 13.6 Å². The van der Waals surface area contributed by atoms with Crippen LogP contribution in [0.25, 0.3) is 11.0 Å². The molecule has 3 aromatic rings. The number of imidazole rings is 1. The second-order valence-electron chi connectivity index (χ2n) is 5.51. The first kappa shape index (κ1) is 16.7. The molecule has 0 saturated carbocycles.